The van der Waals surface area contributed by atoms with E-state index in [-0.39, 0.29) is 18.3 Å². The third kappa shape index (κ3) is 3.51. The molecule has 0 aliphatic carbocycles. The maximum Gasteiger partial charge on any atom is 0.269 e. The molecule has 152 valence electrons. The van der Waals surface area contributed by atoms with Gasteiger partial charge in [0.2, 0.25) is 0 Å². The molecule has 0 unspecified atom stereocenters. The zero-order valence-electron chi connectivity index (χ0n) is 17.2. The lowest BCUT2D eigenvalue weighted by molar-refractivity contribution is 0.0958. The van der Waals surface area contributed by atoms with Crippen LogP contribution in [0.3, 0.4) is 0 Å². The summed E-state index contributed by atoms with van der Waals surface area (Å²) in [6, 6.07) is 10.5. The van der Waals surface area contributed by atoms with Crippen LogP contribution in [0.15, 0.2) is 43.0 Å². The van der Waals surface area contributed by atoms with Crippen LogP contribution >= 0.6 is 12.4 Å². The average molecular weight is 411 g/mol. The van der Waals surface area contributed by atoms with E-state index in [1.807, 2.05) is 12.1 Å². The largest absolute Gasteiger partial charge is 0.354 e. The van der Waals surface area contributed by atoms with Gasteiger partial charge >= 0.3 is 0 Å². The SMILES string of the molecule is C=CCn1c(C)c(C)c2cc(C(=O)NC)nc(N3CCc4ccccc4C3)c21.Cl. The minimum absolute atomic E-state index is 0. The number of allylic oxidation sites excluding steroid dienone is 1. The van der Waals surface area contributed by atoms with Gasteiger partial charge in [-0.15, -0.1) is 19.0 Å². The normalized spacial score (nSPS) is 13.0. The molecule has 1 amide bonds. The van der Waals surface area contributed by atoms with Gasteiger partial charge in [-0.2, -0.15) is 0 Å². The number of hydrogen-bond acceptors (Lipinski definition) is 3. The number of benzene rings is 1. The molecule has 0 bridgehead atoms. The zero-order chi connectivity index (χ0) is 19.8. The van der Waals surface area contributed by atoms with Crippen LogP contribution in [0, 0.1) is 13.8 Å². The molecule has 4 rings (SSSR count). The summed E-state index contributed by atoms with van der Waals surface area (Å²) < 4.78 is 2.26. The number of amides is 1. The molecule has 1 aromatic carbocycles. The first-order chi connectivity index (χ1) is 13.5. The molecule has 1 N–H and O–H groups in total. The quantitative estimate of drug-likeness (QED) is 0.656. The van der Waals surface area contributed by atoms with Gasteiger partial charge < -0.3 is 14.8 Å². The average Bonchev–Trinajstić information content (AvgIpc) is 2.97. The number of nitrogens with one attached hydrogen (secondary N) is 1. The van der Waals surface area contributed by atoms with Crippen LogP contribution in [-0.2, 0) is 19.5 Å². The van der Waals surface area contributed by atoms with Crippen molar-refractivity contribution in [2.45, 2.75) is 33.4 Å². The third-order valence-electron chi connectivity index (χ3n) is 5.80. The van der Waals surface area contributed by atoms with Gasteiger partial charge in [0.1, 0.15) is 5.69 Å². The van der Waals surface area contributed by atoms with Crippen LogP contribution in [0.5, 0.6) is 0 Å². The minimum Gasteiger partial charge on any atom is -0.354 e. The van der Waals surface area contributed by atoms with E-state index in [9.17, 15) is 4.79 Å². The van der Waals surface area contributed by atoms with E-state index >= 15 is 0 Å². The highest BCUT2D eigenvalue weighted by atomic mass is 35.5. The van der Waals surface area contributed by atoms with Gasteiger partial charge in [-0.25, -0.2) is 4.98 Å². The number of carbonyl (C=O) groups excluding carboxylic acids is 1. The molecule has 3 aromatic rings. The van der Waals surface area contributed by atoms with Crippen molar-refractivity contribution in [2.24, 2.45) is 0 Å². The molecular weight excluding hydrogens is 384 g/mol. The molecule has 0 atom stereocenters. The highest BCUT2D eigenvalue weighted by molar-refractivity contribution is 6.01. The number of aromatic nitrogens is 2. The zero-order valence-corrected chi connectivity index (χ0v) is 18.0. The number of nitrogens with zero attached hydrogens (tertiary/aromatic N) is 3. The molecule has 0 saturated heterocycles. The molecule has 29 heavy (non-hydrogen) atoms. The predicted octanol–water partition coefficient (Wildman–Crippen LogP) is 4.18. The van der Waals surface area contributed by atoms with Crippen LogP contribution in [-0.4, -0.2) is 29.1 Å². The second-order valence-corrected chi connectivity index (χ2v) is 7.36. The van der Waals surface area contributed by atoms with Crippen molar-refractivity contribution < 1.29 is 4.79 Å². The monoisotopic (exact) mass is 410 g/mol. The van der Waals surface area contributed by atoms with Gasteiger partial charge in [0.05, 0.1) is 5.52 Å². The molecular formula is C23H27ClN4O. The number of pyridine rings is 1. The van der Waals surface area contributed by atoms with E-state index in [0.29, 0.717) is 12.2 Å². The topological polar surface area (TPSA) is 50.2 Å². The Labute approximate surface area is 177 Å². The Morgan fingerprint density at radius 2 is 2.00 bits per heavy atom. The molecule has 0 radical (unpaired) electrons. The second kappa shape index (κ2) is 8.29. The summed E-state index contributed by atoms with van der Waals surface area (Å²) >= 11 is 0. The number of aryl methyl sites for hydroxylation is 1. The van der Waals surface area contributed by atoms with E-state index < -0.39 is 0 Å². The number of carbonyl (C=O) groups is 1. The summed E-state index contributed by atoms with van der Waals surface area (Å²) in [5.41, 5.74) is 6.63. The number of fused-ring (bicyclic) bond motifs is 2. The first-order valence-corrected chi connectivity index (χ1v) is 9.70. The van der Waals surface area contributed by atoms with Crippen LogP contribution in [0.1, 0.15) is 32.9 Å². The standard InChI is InChI=1S/C23H26N4O.ClH/c1-5-11-27-16(3)15(2)19-13-20(23(28)24-4)25-22(21(19)27)26-12-10-17-8-6-7-9-18(17)14-26;/h5-9,13H,1,10-12,14H2,2-4H3,(H,24,28);1H. The lowest BCUT2D eigenvalue weighted by Crippen LogP contribution is -2.32. The summed E-state index contributed by atoms with van der Waals surface area (Å²) in [6.07, 6.45) is 2.89. The van der Waals surface area contributed by atoms with Crippen LogP contribution in [0.4, 0.5) is 5.82 Å². The highest BCUT2D eigenvalue weighted by Gasteiger charge is 2.24. The molecule has 0 fully saturated rings. The van der Waals surface area contributed by atoms with E-state index in [1.165, 1.54) is 22.4 Å². The number of hydrogen-bond donors (Lipinski definition) is 1. The highest BCUT2D eigenvalue weighted by Crippen LogP contribution is 2.34. The smallest absolute Gasteiger partial charge is 0.269 e. The summed E-state index contributed by atoms with van der Waals surface area (Å²) in [4.78, 5) is 19.5. The molecule has 1 aliphatic heterocycles. The Morgan fingerprint density at radius 3 is 2.69 bits per heavy atom. The molecule has 0 saturated carbocycles. The Morgan fingerprint density at radius 1 is 1.28 bits per heavy atom. The van der Waals surface area contributed by atoms with Gasteiger partial charge in [-0.1, -0.05) is 30.3 Å². The lowest BCUT2D eigenvalue weighted by Gasteiger charge is -2.31. The summed E-state index contributed by atoms with van der Waals surface area (Å²) in [6.45, 7) is 10.6. The van der Waals surface area contributed by atoms with E-state index in [2.05, 4.69) is 59.5 Å². The molecule has 0 spiro atoms. The number of anilines is 1. The molecule has 2 aromatic heterocycles. The van der Waals surface area contributed by atoms with E-state index in [0.717, 1.165) is 36.2 Å². The van der Waals surface area contributed by atoms with Crippen molar-refractivity contribution in [3.8, 4) is 0 Å². The Hall–Kier alpha value is -2.79. The minimum atomic E-state index is -0.158. The van der Waals surface area contributed by atoms with Crippen LogP contribution in [0.2, 0.25) is 0 Å². The maximum atomic E-state index is 12.4. The molecule has 3 heterocycles. The van der Waals surface area contributed by atoms with Crippen molar-refractivity contribution in [1.29, 1.82) is 0 Å². The van der Waals surface area contributed by atoms with Crippen molar-refractivity contribution in [1.82, 2.24) is 14.9 Å². The van der Waals surface area contributed by atoms with E-state index in [4.69, 9.17) is 4.98 Å². The number of halogens is 1. The van der Waals surface area contributed by atoms with Crippen LogP contribution < -0.4 is 10.2 Å². The lowest BCUT2D eigenvalue weighted by atomic mass is 10.00. The fraction of sp³-hybridized carbons (Fsp3) is 0.304. The van der Waals surface area contributed by atoms with Crippen molar-refractivity contribution in [3.05, 3.63) is 71.1 Å². The summed E-state index contributed by atoms with van der Waals surface area (Å²) in [5, 5.41) is 3.80. The maximum absolute atomic E-state index is 12.4. The molecule has 6 heteroatoms. The third-order valence-corrected chi connectivity index (χ3v) is 5.80. The Balaban J connectivity index is 0.00000240. The van der Waals surface area contributed by atoms with Gasteiger partial charge in [-0.3, -0.25) is 4.79 Å². The fourth-order valence-electron chi connectivity index (χ4n) is 4.14. The first-order valence-electron chi connectivity index (χ1n) is 9.70. The van der Waals surface area contributed by atoms with Gasteiger partial charge in [0.15, 0.2) is 5.82 Å². The first kappa shape index (κ1) is 20.9. The van der Waals surface area contributed by atoms with E-state index in [1.54, 1.807) is 7.05 Å². The van der Waals surface area contributed by atoms with Gasteiger partial charge in [0, 0.05) is 37.8 Å². The summed E-state index contributed by atoms with van der Waals surface area (Å²) in [7, 11) is 1.64. The van der Waals surface area contributed by atoms with Crippen LogP contribution in [0.25, 0.3) is 10.9 Å². The fourth-order valence-corrected chi connectivity index (χ4v) is 4.14. The van der Waals surface area contributed by atoms with Crippen molar-refractivity contribution in [2.75, 3.05) is 18.5 Å². The van der Waals surface area contributed by atoms with Gasteiger partial charge in [0.25, 0.3) is 5.91 Å². The number of rotatable bonds is 4. The Bertz CT molecular complexity index is 1090. The second-order valence-electron chi connectivity index (χ2n) is 7.36. The van der Waals surface area contributed by atoms with Crippen molar-refractivity contribution in [3.63, 3.8) is 0 Å². The summed E-state index contributed by atoms with van der Waals surface area (Å²) in [5.74, 6) is 0.720. The molecule has 5 nitrogen and oxygen atoms in total. The predicted molar refractivity (Wildman–Crippen MR) is 121 cm³/mol. The van der Waals surface area contributed by atoms with Crippen molar-refractivity contribution >= 4 is 35.0 Å². The molecule has 1 aliphatic rings. The Kier molecular flexibility index (Phi) is 5.99. The van der Waals surface area contributed by atoms with Gasteiger partial charge in [-0.05, 0) is 43.0 Å².